The Morgan fingerprint density at radius 1 is 1.70 bits per heavy atom. The van der Waals surface area contributed by atoms with Crippen molar-refractivity contribution in [2.75, 3.05) is 0 Å². The highest BCUT2D eigenvalue weighted by Gasteiger charge is 2.06. The van der Waals surface area contributed by atoms with Crippen molar-refractivity contribution in [2.45, 2.75) is 19.9 Å². The summed E-state index contributed by atoms with van der Waals surface area (Å²) in [5.74, 6) is 0. The van der Waals surface area contributed by atoms with Crippen LogP contribution in [0.1, 0.15) is 13.8 Å². The van der Waals surface area contributed by atoms with Crippen molar-refractivity contribution in [1.82, 2.24) is 5.32 Å². The molecule has 10 heavy (non-hydrogen) atoms. The first kappa shape index (κ1) is 7.13. The molecule has 1 unspecified atom stereocenters. The molecule has 0 saturated carbocycles. The van der Waals surface area contributed by atoms with E-state index in [1.165, 1.54) is 11.1 Å². The van der Waals surface area contributed by atoms with Crippen LogP contribution in [-0.4, -0.2) is 6.04 Å². The van der Waals surface area contributed by atoms with Crippen molar-refractivity contribution in [3.63, 3.8) is 0 Å². The predicted octanol–water partition coefficient (Wildman–Crippen LogP) is 1.99. The van der Waals surface area contributed by atoms with E-state index in [1.807, 2.05) is 12.3 Å². The molecule has 0 saturated heterocycles. The fourth-order valence-electron chi connectivity index (χ4n) is 1.02. The minimum atomic E-state index is 0.418. The van der Waals surface area contributed by atoms with Crippen LogP contribution in [0.2, 0.25) is 0 Å². The summed E-state index contributed by atoms with van der Waals surface area (Å²) in [6.07, 6.45) is 6.07. The molecule has 0 spiro atoms. The minimum Gasteiger partial charge on any atom is -0.384 e. The molecule has 0 aromatic heterocycles. The number of dihydropyridines is 1. The molecular weight excluding hydrogens is 122 g/mol. The summed E-state index contributed by atoms with van der Waals surface area (Å²) in [5, 5.41) is 3.23. The van der Waals surface area contributed by atoms with Crippen molar-refractivity contribution >= 4 is 0 Å². The van der Waals surface area contributed by atoms with Crippen LogP contribution in [-0.2, 0) is 0 Å². The van der Waals surface area contributed by atoms with Crippen molar-refractivity contribution in [1.29, 1.82) is 0 Å². The van der Waals surface area contributed by atoms with E-state index in [9.17, 15) is 0 Å². The van der Waals surface area contributed by atoms with E-state index in [0.717, 1.165) is 0 Å². The first-order valence-corrected chi connectivity index (χ1v) is 3.51. The Kier molecular flexibility index (Phi) is 1.95. The fourth-order valence-corrected chi connectivity index (χ4v) is 1.02. The van der Waals surface area contributed by atoms with Crippen LogP contribution >= 0.6 is 0 Å². The van der Waals surface area contributed by atoms with Gasteiger partial charge in [-0.3, -0.25) is 0 Å². The molecule has 1 aliphatic rings. The lowest BCUT2D eigenvalue weighted by Gasteiger charge is -2.18. The largest absolute Gasteiger partial charge is 0.384 e. The van der Waals surface area contributed by atoms with Gasteiger partial charge < -0.3 is 5.32 Å². The molecule has 54 valence electrons. The van der Waals surface area contributed by atoms with Gasteiger partial charge in [0.2, 0.25) is 0 Å². The molecule has 0 aliphatic carbocycles. The second-order valence-corrected chi connectivity index (χ2v) is 2.63. The maximum atomic E-state index is 3.73. The van der Waals surface area contributed by atoms with Crippen molar-refractivity contribution in [2.24, 2.45) is 0 Å². The molecule has 0 aromatic rings. The van der Waals surface area contributed by atoms with Gasteiger partial charge in [-0.05, 0) is 31.2 Å². The van der Waals surface area contributed by atoms with Gasteiger partial charge in [0.05, 0.1) is 0 Å². The Hall–Kier alpha value is -0.980. The number of rotatable bonds is 1. The van der Waals surface area contributed by atoms with Gasteiger partial charge in [0.25, 0.3) is 0 Å². The van der Waals surface area contributed by atoms with Crippen LogP contribution in [0.3, 0.4) is 0 Å². The molecule has 1 nitrogen and oxygen atoms in total. The third-order valence-corrected chi connectivity index (χ3v) is 1.69. The van der Waals surface area contributed by atoms with Crippen LogP contribution in [0.15, 0.2) is 36.1 Å². The Morgan fingerprint density at radius 3 is 2.90 bits per heavy atom. The maximum Gasteiger partial charge on any atom is 0.0480 e. The Morgan fingerprint density at radius 2 is 2.40 bits per heavy atom. The zero-order valence-electron chi connectivity index (χ0n) is 6.52. The van der Waals surface area contributed by atoms with E-state index in [4.69, 9.17) is 0 Å². The topological polar surface area (TPSA) is 12.0 Å². The highest BCUT2D eigenvalue weighted by Crippen LogP contribution is 2.11. The molecule has 0 radical (unpaired) electrons. The molecule has 1 aliphatic heterocycles. The van der Waals surface area contributed by atoms with E-state index >= 15 is 0 Å². The smallest absolute Gasteiger partial charge is 0.0480 e. The van der Waals surface area contributed by atoms with Gasteiger partial charge in [-0.1, -0.05) is 18.7 Å². The van der Waals surface area contributed by atoms with Gasteiger partial charge in [0.1, 0.15) is 0 Å². The van der Waals surface area contributed by atoms with Crippen LogP contribution in [0, 0.1) is 0 Å². The summed E-state index contributed by atoms with van der Waals surface area (Å²) in [6, 6.07) is 0.418. The zero-order valence-corrected chi connectivity index (χ0v) is 6.52. The molecule has 1 rings (SSSR count). The Bertz CT molecular complexity index is 199. The zero-order chi connectivity index (χ0) is 7.56. The third kappa shape index (κ3) is 1.29. The first-order valence-electron chi connectivity index (χ1n) is 3.51. The second-order valence-electron chi connectivity index (χ2n) is 2.63. The van der Waals surface area contributed by atoms with E-state index in [1.54, 1.807) is 0 Å². The van der Waals surface area contributed by atoms with Gasteiger partial charge >= 0.3 is 0 Å². The Balaban J connectivity index is 2.83. The number of allylic oxidation sites excluding steroid dienone is 2. The summed E-state index contributed by atoms with van der Waals surface area (Å²) >= 11 is 0. The SMILES string of the molecule is C=CC1=CC(C)=CNC1C. The fraction of sp³-hybridized carbons (Fsp3) is 0.333. The van der Waals surface area contributed by atoms with Crippen LogP contribution in [0.4, 0.5) is 0 Å². The standard InChI is InChI=1S/C9H13N/c1-4-9-5-7(2)6-10-8(9)3/h4-6,8,10H,1H2,2-3H3. The average molecular weight is 135 g/mol. The first-order chi connectivity index (χ1) is 4.74. The van der Waals surface area contributed by atoms with Crippen LogP contribution in [0.25, 0.3) is 0 Å². The molecular formula is C9H13N. The summed E-state index contributed by atoms with van der Waals surface area (Å²) < 4.78 is 0. The number of nitrogens with one attached hydrogen (secondary N) is 1. The van der Waals surface area contributed by atoms with Gasteiger partial charge in [-0.15, -0.1) is 0 Å². The minimum absolute atomic E-state index is 0.418. The lowest BCUT2D eigenvalue weighted by molar-refractivity contribution is 0.726. The normalized spacial score (nSPS) is 24.4. The van der Waals surface area contributed by atoms with E-state index in [0.29, 0.717) is 6.04 Å². The number of hydrogen-bond donors (Lipinski definition) is 1. The highest BCUT2D eigenvalue weighted by atomic mass is 14.9. The monoisotopic (exact) mass is 135 g/mol. The van der Waals surface area contributed by atoms with Crippen molar-refractivity contribution < 1.29 is 0 Å². The van der Waals surface area contributed by atoms with Crippen molar-refractivity contribution in [3.8, 4) is 0 Å². The molecule has 0 amide bonds. The molecule has 0 fully saturated rings. The Labute approximate surface area is 62.1 Å². The van der Waals surface area contributed by atoms with Gasteiger partial charge in [0.15, 0.2) is 0 Å². The van der Waals surface area contributed by atoms with Gasteiger partial charge in [0, 0.05) is 6.04 Å². The quantitative estimate of drug-likeness (QED) is 0.579. The molecule has 1 atom stereocenters. The number of hydrogen-bond acceptors (Lipinski definition) is 1. The van der Waals surface area contributed by atoms with Crippen LogP contribution < -0.4 is 5.32 Å². The summed E-state index contributed by atoms with van der Waals surface area (Å²) in [6.45, 7) is 7.93. The summed E-state index contributed by atoms with van der Waals surface area (Å²) in [7, 11) is 0. The third-order valence-electron chi connectivity index (χ3n) is 1.69. The molecule has 0 aromatic carbocycles. The lowest BCUT2D eigenvalue weighted by Crippen LogP contribution is -2.24. The molecule has 1 heteroatoms. The van der Waals surface area contributed by atoms with Gasteiger partial charge in [-0.2, -0.15) is 0 Å². The molecule has 1 heterocycles. The van der Waals surface area contributed by atoms with E-state index in [-0.39, 0.29) is 0 Å². The molecule has 0 bridgehead atoms. The maximum absolute atomic E-state index is 3.73. The van der Waals surface area contributed by atoms with Gasteiger partial charge in [-0.25, -0.2) is 0 Å². The average Bonchev–Trinajstić information content (AvgIpc) is 1.94. The molecule has 1 N–H and O–H groups in total. The summed E-state index contributed by atoms with van der Waals surface area (Å²) in [4.78, 5) is 0. The van der Waals surface area contributed by atoms with Crippen LogP contribution in [0.5, 0.6) is 0 Å². The highest BCUT2D eigenvalue weighted by molar-refractivity contribution is 5.34. The van der Waals surface area contributed by atoms with E-state index < -0.39 is 0 Å². The second kappa shape index (κ2) is 2.74. The lowest BCUT2D eigenvalue weighted by atomic mass is 10.0. The van der Waals surface area contributed by atoms with E-state index in [2.05, 4.69) is 31.8 Å². The summed E-state index contributed by atoms with van der Waals surface area (Å²) in [5.41, 5.74) is 2.52. The van der Waals surface area contributed by atoms with Crippen molar-refractivity contribution in [3.05, 3.63) is 36.1 Å². The predicted molar refractivity (Wildman–Crippen MR) is 44.6 cm³/mol.